The van der Waals surface area contributed by atoms with Crippen LogP contribution in [0.3, 0.4) is 0 Å². The molecule has 0 saturated heterocycles. The van der Waals surface area contributed by atoms with Crippen molar-refractivity contribution >= 4 is 17.2 Å². The van der Waals surface area contributed by atoms with Crippen molar-refractivity contribution in [3.05, 3.63) is 27.7 Å². The van der Waals surface area contributed by atoms with Crippen LogP contribution in [0.4, 0.5) is 0 Å². The third-order valence-electron chi connectivity index (χ3n) is 3.12. The first kappa shape index (κ1) is 14.6. The Morgan fingerprint density at radius 2 is 2.25 bits per heavy atom. The molecular weight excluding hydrogens is 274 g/mol. The van der Waals surface area contributed by atoms with Crippen molar-refractivity contribution in [1.82, 2.24) is 25.1 Å². The highest BCUT2D eigenvalue weighted by atomic mass is 32.1. The summed E-state index contributed by atoms with van der Waals surface area (Å²) in [5, 5.41) is 8.04. The molecule has 1 N–H and O–H groups in total. The van der Waals surface area contributed by atoms with Gasteiger partial charge in [0.25, 0.3) is 0 Å². The van der Waals surface area contributed by atoms with Crippen LogP contribution in [0.2, 0.25) is 0 Å². The van der Waals surface area contributed by atoms with Crippen molar-refractivity contribution in [2.45, 2.75) is 39.7 Å². The normalized spacial score (nSPS) is 12.4. The third kappa shape index (κ3) is 3.22. The fourth-order valence-electron chi connectivity index (χ4n) is 2.10. The average molecular weight is 293 g/mol. The van der Waals surface area contributed by atoms with Gasteiger partial charge in [-0.15, -0.1) is 11.3 Å². The lowest BCUT2D eigenvalue weighted by molar-refractivity contribution is -0.121. The van der Waals surface area contributed by atoms with E-state index in [-0.39, 0.29) is 11.9 Å². The van der Waals surface area contributed by atoms with E-state index in [1.54, 1.807) is 16.0 Å². The summed E-state index contributed by atoms with van der Waals surface area (Å²) in [6, 6.07) is -0.107. The number of carbonyl (C=O) groups excluding carboxylic acids is 1. The maximum absolute atomic E-state index is 12.2. The summed E-state index contributed by atoms with van der Waals surface area (Å²) in [6.45, 7) is 5.90. The molecular formula is C13H19N5OS. The number of hydrogen-bond acceptors (Lipinski definition) is 5. The largest absolute Gasteiger partial charge is 0.346 e. The van der Waals surface area contributed by atoms with Crippen LogP contribution in [0.25, 0.3) is 0 Å². The summed E-state index contributed by atoms with van der Waals surface area (Å²) >= 11 is 1.57. The minimum Gasteiger partial charge on any atom is -0.346 e. The number of thiazole rings is 1. The number of hydrogen-bond donors (Lipinski definition) is 1. The molecule has 0 bridgehead atoms. The molecule has 0 aliphatic carbocycles. The molecule has 0 fully saturated rings. The van der Waals surface area contributed by atoms with Crippen LogP contribution in [0, 0.1) is 13.8 Å². The quantitative estimate of drug-likeness (QED) is 0.910. The highest BCUT2D eigenvalue weighted by Gasteiger charge is 2.18. The molecule has 2 rings (SSSR count). The number of aromatic nitrogens is 4. The number of rotatable bonds is 5. The molecule has 0 aromatic carbocycles. The third-order valence-corrected chi connectivity index (χ3v) is 4.20. The zero-order valence-electron chi connectivity index (χ0n) is 12.2. The molecule has 1 atom stereocenters. The van der Waals surface area contributed by atoms with Crippen molar-refractivity contribution < 1.29 is 4.79 Å². The van der Waals surface area contributed by atoms with E-state index in [1.807, 2.05) is 27.8 Å². The molecule has 2 aromatic heterocycles. The summed E-state index contributed by atoms with van der Waals surface area (Å²) in [5.74, 6) is 0.768. The van der Waals surface area contributed by atoms with Gasteiger partial charge >= 0.3 is 0 Å². The van der Waals surface area contributed by atoms with Gasteiger partial charge in [0.1, 0.15) is 12.2 Å². The van der Waals surface area contributed by atoms with Crippen LogP contribution in [0.1, 0.15) is 40.8 Å². The Labute approximate surface area is 122 Å². The lowest BCUT2D eigenvalue weighted by Crippen LogP contribution is -2.31. The number of carbonyl (C=O) groups is 1. The SMILES string of the molecule is CC[C@@H](NC(=O)Cc1sc(C)nc1C)c1ncnn1C. The molecule has 2 heterocycles. The molecule has 0 radical (unpaired) electrons. The van der Waals surface area contributed by atoms with E-state index >= 15 is 0 Å². The van der Waals surface area contributed by atoms with Crippen molar-refractivity contribution in [1.29, 1.82) is 0 Å². The van der Waals surface area contributed by atoms with Crippen molar-refractivity contribution in [3.8, 4) is 0 Å². The summed E-state index contributed by atoms with van der Waals surface area (Å²) < 4.78 is 1.69. The van der Waals surface area contributed by atoms with Gasteiger partial charge in [0, 0.05) is 11.9 Å². The second kappa shape index (κ2) is 6.13. The fraction of sp³-hybridized carbons (Fsp3) is 0.538. The number of nitrogens with one attached hydrogen (secondary N) is 1. The van der Waals surface area contributed by atoms with E-state index in [2.05, 4.69) is 20.4 Å². The smallest absolute Gasteiger partial charge is 0.225 e. The van der Waals surface area contributed by atoms with Gasteiger partial charge < -0.3 is 5.32 Å². The molecule has 2 aromatic rings. The van der Waals surface area contributed by atoms with Crippen LogP contribution in [0.15, 0.2) is 6.33 Å². The summed E-state index contributed by atoms with van der Waals surface area (Å²) in [5.41, 5.74) is 0.939. The predicted octanol–water partition coefficient (Wildman–Crippen LogP) is 1.70. The van der Waals surface area contributed by atoms with Gasteiger partial charge in [0.15, 0.2) is 0 Å². The van der Waals surface area contributed by atoms with Crippen molar-refractivity contribution in [3.63, 3.8) is 0 Å². The average Bonchev–Trinajstić information content (AvgIpc) is 2.93. The summed E-state index contributed by atoms with van der Waals surface area (Å²) in [6.07, 6.45) is 2.64. The first-order valence-corrected chi connectivity index (χ1v) is 7.39. The van der Waals surface area contributed by atoms with Gasteiger partial charge in [-0.3, -0.25) is 9.48 Å². The molecule has 1 amide bonds. The standard InChI is InChI=1S/C13H19N5OS/c1-5-10(13-14-7-15-18(13)4)17-12(19)6-11-8(2)16-9(3)20-11/h7,10H,5-6H2,1-4H3,(H,17,19)/t10-/m1/s1. The first-order chi connectivity index (χ1) is 9.51. The second-order valence-corrected chi connectivity index (χ2v) is 5.98. The Morgan fingerprint density at radius 3 is 2.75 bits per heavy atom. The van der Waals surface area contributed by atoms with Crippen LogP contribution < -0.4 is 5.32 Å². The highest BCUT2D eigenvalue weighted by molar-refractivity contribution is 7.11. The first-order valence-electron chi connectivity index (χ1n) is 6.57. The van der Waals surface area contributed by atoms with E-state index in [4.69, 9.17) is 0 Å². The maximum atomic E-state index is 12.2. The predicted molar refractivity (Wildman–Crippen MR) is 77.5 cm³/mol. The molecule has 7 heteroatoms. The molecule has 6 nitrogen and oxygen atoms in total. The highest BCUT2D eigenvalue weighted by Crippen LogP contribution is 2.18. The van der Waals surface area contributed by atoms with Gasteiger partial charge in [-0.25, -0.2) is 9.97 Å². The summed E-state index contributed by atoms with van der Waals surface area (Å²) in [4.78, 5) is 21.7. The topological polar surface area (TPSA) is 72.7 Å². The minimum atomic E-state index is -0.107. The maximum Gasteiger partial charge on any atom is 0.225 e. The van der Waals surface area contributed by atoms with Gasteiger partial charge in [-0.1, -0.05) is 6.92 Å². The molecule has 0 aliphatic rings. The van der Waals surface area contributed by atoms with Crippen LogP contribution in [0.5, 0.6) is 0 Å². The molecule has 108 valence electrons. The van der Waals surface area contributed by atoms with E-state index in [9.17, 15) is 4.79 Å². The van der Waals surface area contributed by atoms with Crippen LogP contribution >= 0.6 is 11.3 Å². The minimum absolute atomic E-state index is 0.00778. The Kier molecular flexibility index (Phi) is 4.49. The zero-order valence-corrected chi connectivity index (χ0v) is 13.0. The number of amides is 1. The lowest BCUT2D eigenvalue weighted by atomic mass is 10.2. The molecule has 0 saturated carbocycles. The Bertz CT molecular complexity index is 604. The summed E-state index contributed by atoms with van der Waals surface area (Å²) in [7, 11) is 1.83. The second-order valence-electron chi connectivity index (χ2n) is 4.69. The molecule has 0 spiro atoms. The van der Waals surface area contributed by atoms with Gasteiger partial charge in [-0.2, -0.15) is 5.10 Å². The Hall–Kier alpha value is -1.76. The molecule has 0 unspecified atom stereocenters. The molecule has 20 heavy (non-hydrogen) atoms. The lowest BCUT2D eigenvalue weighted by Gasteiger charge is -2.15. The van der Waals surface area contributed by atoms with E-state index in [0.29, 0.717) is 6.42 Å². The van der Waals surface area contributed by atoms with Crippen LogP contribution in [-0.2, 0) is 18.3 Å². The van der Waals surface area contributed by atoms with E-state index in [0.717, 1.165) is 27.8 Å². The fourth-order valence-corrected chi connectivity index (χ4v) is 3.03. The van der Waals surface area contributed by atoms with Gasteiger partial charge in [-0.05, 0) is 20.3 Å². The Morgan fingerprint density at radius 1 is 1.50 bits per heavy atom. The monoisotopic (exact) mass is 293 g/mol. The van der Waals surface area contributed by atoms with Gasteiger partial charge in [0.05, 0.1) is 23.2 Å². The zero-order chi connectivity index (χ0) is 14.7. The van der Waals surface area contributed by atoms with Crippen molar-refractivity contribution in [2.75, 3.05) is 0 Å². The molecule has 0 aliphatic heterocycles. The van der Waals surface area contributed by atoms with E-state index in [1.165, 1.54) is 6.33 Å². The number of nitrogens with zero attached hydrogens (tertiary/aromatic N) is 4. The van der Waals surface area contributed by atoms with Crippen LogP contribution in [-0.4, -0.2) is 25.7 Å². The van der Waals surface area contributed by atoms with Gasteiger partial charge in [0.2, 0.25) is 5.91 Å². The van der Waals surface area contributed by atoms with E-state index < -0.39 is 0 Å². The Balaban J connectivity index is 2.03. The van der Waals surface area contributed by atoms with Crippen molar-refractivity contribution in [2.24, 2.45) is 7.05 Å². The number of aryl methyl sites for hydroxylation is 3.